The first-order chi connectivity index (χ1) is 5.72. The van der Waals surface area contributed by atoms with Gasteiger partial charge < -0.3 is 0 Å². The molecule has 65 valence electrons. The third kappa shape index (κ3) is 2.69. The molecule has 0 spiro atoms. The maximum atomic E-state index is 2.25. The number of rotatable bonds is 3. The van der Waals surface area contributed by atoms with Gasteiger partial charge in [0.25, 0.3) is 0 Å². The molecule has 12 heavy (non-hydrogen) atoms. The van der Waals surface area contributed by atoms with Gasteiger partial charge in [-0.3, -0.25) is 0 Å². The molecule has 0 amide bonds. The van der Waals surface area contributed by atoms with Gasteiger partial charge in [-0.05, 0) is 29.9 Å². The maximum absolute atomic E-state index is 2.25. The molecule has 0 fully saturated rings. The van der Waals surface area contributed by atoms with E-state index in [1.54, 1.807) is 0 Å². The fourth-order valence-corrected chi connectivity index (χ4v) is 1.32. The molecule has 0 heteroatoms. The highest BCUT2D eigenvalue weighted by Gasteiger charge is 1.96. The van der Waals surface area contributed by atoms with Gasteiger partial charge in [0, 0.05) is 0 Å². The van der Waals surface area contributed by atoms with Crippen molar-refractivity contribution in [2.24, 2.45) is 5.92 Å². The summed E-state index contributed by atoms with van der Waals surface area (Å²) >= 11 is 0. The highest BCUT2D eigenvalue weighted by atomic mass is 14.0. The predicted octanol–water partition coefficient (Wildman–Crippen LogP) is 3.46. The topological polar surface area (TPSA) is 0 Å². The second-order valence-corrected chi connectivity index (χ2v) is 3.63. The van der Waals surface area contributed by atoms with Crippen LogP contribution >= 0.6 is 0 Å². The minimum atomic E-state index is 0.751. The van der Waals surface area contributed by atoms with Crippen molar-refractivity contribution in [1.82, 2.24) is 0 Å². The Bertz CT molecular complexity index is 218. The maximum Gasteiger partial charge on any atom is -0.0124 e. The standard InChI is InChI=1S/C12H17/c1-4-11-5-7-12(8-6-11)9-10(2)3/h4-8,10H,9H2,1-3H3. The minimum Gasteiger partial charge on any atom is -0.0625 e. The molecule has 0 bridgehead atoms. The predicted molar refractivity (Wildman–Crippen MR) is 54.1 cm³/mol. The van der Waals surface area contributed by atoms with Crippen molar-refractivity contribution in [1.29, 1.82) is 0 Å². The molecular formula is C12H17. The van der Waals surface area contributed by atoms with E-state index in [0.29, 0.717) is 0 Å². The van der Waals surface area contributed by atoms with E-state index < -0.39 is 0 Å². The summed E-state index contributed by atoms with van der Waals surface area (Å²) in [5.41, 5.74) is 2.75. The van der Waals surface area contributed by atoms with Gasteiger partial charge in [-0.25, -0.2) is 0 Å². The van der Waals surface area contributed by atoms with Gasteiger partial charge in [0.15, 0.2) is 0 Å². The second-order valence-electron chi connectivity index (χ2n) is 3.63. The minimum absolute atomic E-state index is 0.751. The fraction of sp³-hybridized carbons (Fsp3) is 0.417. The Balaban J connectivity index is 2.65. The summed E-state index contributed by atoms with van der Waals surface area (Å²) in [5.74, 6) is 0.751. The van der Waals surface area contributed by atoms with Crippen LogP contribution in [-0.2, 0) is 6.42 Å². The van der Waals surface area contributed by atoms with Crippen LogP contribution in [0.3, 0.4) is 0 Å². The number of hydrogen-bond donors (Lipinski definition) is 0. The van der Waals surface area contributed by atoms with Crippen molar-refractivity contribution in [2.45, 2.75) is 27.2 Å². The molecule has 0 atom stereocenters. The van der Waals surface area contributed by atoms with Gasteiger partial charge in [-0.1, -0.05) is 45.0 Å². The molecular weight excluding hydrogens is 144 g/mol. The van der Waals surface area contributed by atoms with Gasteiger partial charge in [-0.2, -0.15) is 0 Å². The summed E-state index contributed by atoms with van der Waals surface area (Å²) < 4.78 is 0. The normalized spacial score (nSPS) is 10.7. The van der Waals surface area contributed by atoms with E-state index >= 15 is 0 Å². The molecule has 1 rings (SSSR count). The molecule has 0 aromatic heterocycles. The molecule has 0 aliphatic heterocycles. The molecule has 0 aliphatic carbocycles. The van der Waals surface area contributed by atoms with Crippen LogP contribution in [0.2, 0.25) is 0 Å². The summed E-state index contributed by atoms with van der Waals surface area (Å²) in [6, 6.07) is 8.79. The van der Waals surface area contributed by atoms with Crippen molar-refractivity contribution < 1.29 is 0 Å². The highest BCUT2D eigenvalue weighted by molar-refractivity contribution is 5.26. The molecule has 0 saturated heterocycles. The molecule has 1 aromatic rings. The van der Waals surface area contributed by atoms with Crippen LogP contribution in [0, 0.1) is 12.3 Å². The molecule has 0 saturated carbocycles. The molecule has 0 heterocycles. The molecule has 1 aromatic carbocycles. The Kier molecular flexibility index (Phi) is 3.33. The smallest absolute Gasteiger partial charge is 0.0124 e. The number of hydrogen-bond acceptors (Lipinski definition) is 0. The van der Waals surface area contributed by atoms with Gasteiger partial charge in [0.2, 0.25) is 0 Å². The number of benzene rings is 1. The Morgan fingerprint density at radius 2 is 1.75 bits per heavy atom. The van der Waals surface area contributed by atoms with E-state index in [-0.39, 0.29) is 0 Å². The van der Waals surface area contributed by atoms with Gasteiger partial charge in [-0.15, -0.1) is 0 Å². The van der Waals surface area contributed by atoms with Crippen LogP contribution in [0.25, 0.3) is 0 Å². The van der Waals surface area contributed by atoms with Gasteiger partial charge >= 0.3 is 0 Å². The lowest BCUT2D eigenvalue weighted by molar-refractivity contribution is 0.647. The largest absolute Gasteiger partial charge is 0.0625 e. The Hall–Kier alpha value is -0.780. The summed E-state index contributed by atoms with van der Waals surface area (Å²) in [6.45, 7) is 6.57. The first kappa shape index (κ1) is 9.31. The summed E-state index contributed by atoms with van der Waals surface area (Å²) in [5, 5.41) is 0. The summed E-state index contributed by atoms with van der Waals surface area (Å²) in [7, 11) is 0. The van der Waals surface area contributed by atoms with E-state index in [1.165, 1.54) is 17.5 Å². The monoisotopic (exact) mass is 161 g/mol. The average Bonchev–Trinajstić information content (AvgIpc) is 2.05. The van der Waals surface area contributed by atoms with Gasteiger partial charge in [0.05, 0.1) is 0 Å². The summed E-state index contributed by atoms with van der Waals surface area (Å²) in [4.78, 5) is 0. The lowest BCUT2D eigenvalue weighted by Crippen LogP contribution is -1.93. The zero-order valence-electron chi connectivity index (χ0n) is 8.17. The van der Waals surface area contributed by atoms with Crippen molar-refractivity contribution >= 4 is 0 Å². The molecule has 1 radical (unpaired) electrons. The van der Waals surface area contributed by atoms with Crippen LogP contribution in [0.15, 0.2) is 24.3 Å². The van der Waals surface area contributed by atoms with Crippen LogP contribution in [0.4, 0.5) is 0 Å². The van der Waals surface area contributed by atoms with Crippen LogP contribution in [0.1, 0.15) is 31.9 Å². The third-order valence-corrected chi connectivity index (χ3v) is 1.96. The van der Waals surface area contributed by atoms with Crippen LogP contribution in [0.5, 0.6) is 0 Å². The lowest BCUT2D eigenvalue weighted by atomic mass is 10.0. The van der Waals surface area contributed by atoms with Crippen molar-refractivity contribution in [3.05, 3.63) is 41.8 Å². The van der Waals surface area contributed by atoms with E-state index in [4.69, 9.17) is 0 Å². The Morgan fingerprint density at radius 3 is 2.17 bits per heavy atom. The molecule has 0 unspecified atom stereocenters. The average molecular weight is 161 g/mol. The van der Waals surface area contributed by atoms with E-state index in [0.717, 1.165) is 5.92 Å². The van der Waals surface area contributed by atoms with Crippen LogP contribution < -0.4 is 0 Å². The highest BCUT2D eigenvalue weighted by Crippen LogP contribution is 2.10. The SMILES string of the molecule is C[CH]c1ccc(CC(C)C)cc1. The van der Waals surface area contributed by atoms with Crippen LogP contribution in [-0.4, -0.2) is 0 Å². The molecule has 0 N–H and O–H groups in total. The van der Waals surface area contributed by atoms with E-state index in [9.17, 15) is 0 Å². The van der Waals surface area contributed by atoms with Gasteiger partial charge in [0.1, 0.15) is 0 Å². The first-order valence-corrected chi connectivity index (χ1v) is 4.60. The quantitative estimate of drug-likeness (QED) is 0.637. The lowest BCUT2D eigenvalue weighted by Gasteiger charge is -2.04. The summed E-state index contributed by atoms with van der Waals surface area (Å²) in [6.07, 6.45) is 3.31. The zero-order chi connectivity index (χ0) is 8.97. The Morgan fingerprint density at radius 1 is 1.17 bits per heavy atom. The first-order valence-electron chi connectivity index (χ1n) is 4.60. The van der Waals surface area contributed by atoms with Crippen molar-refractivity contribution in [3.63, 3.8) is 0 Å². The van der Waals surface area contributed by atoms with Crippen molar-refractivity contribution in [2.75, 3.05) is 0 Å². The third-order valence-electron chi connectivity index (χ3n) is 1.96. The zero-order valence-corrected chi connectivity index (χ0v) is 8.17. The van der Waals surface area contributed by atoms with E-state index in [2.05, 4.69) is 51.5 Å². The Labute approximate surface area is 75.6 Å². The fourth-order valence-electron chi connectivity index (χ4n) is 1.32. The molecule has 0 aliphatic rings. The second kappa shape index (κ2) is 4.30. The van der Waals surface area contributed by atoms with Crippen molar-refractivity contribution in [3.8, 4) is 0 Å². The van der Waals surface area contributed by atoms with E-state index in [1.807, 2.05) is 0 Å². The molecule has 0 nitrogen and oxygen atoms in total.